The van der Waals surface area contributed by atoms with E-state index >= 15 is 0 Å². The van der Waals surface area contributed by atoms with Crippen molar-refractivity contribution in [1.29, 1.82) is 0 Å². The molecule has 2 fully saturated rings. The number of carbonyl (C=O) groups excluding carboxylic acids is 2. The number of hydrogen-bond donors (Lipinski definition) is 4. The number of hydrogen-bond acceptors (Lipinski definition) is 10. The number of nitrogens with zero attached hydrogens (tertiary/aromatic N) is 6. The van der Waals surface area contributed by atoms with Crippen molar-refractivity contribution >= 4 is 33.4 Å². The predicted octanol–water partition coefficient (Wildman–Crippen LogP) is 3.45. The normalized spacial score (nSPS) is 19.4. The van der Waals surface area contributed by atoms with Crippen LogP contribution in [0.4, 0.5) is 0 Å². The molecular formula is C38H38N10O6. The number of aromatic amines is 4. The molecule has 2 aromatic carbocycles. The van der Waals surface area contributed by atoms with E-state index in [1.54, 1.807) is 9.80 Å². The van der Waals surface area contributed by atoms with Gasteiger partial charge in [0.2, 0.25) is 23.6 Å². The van der Waals surface area contributed by atoms with Gasteiger partial charge in [-0.05, 0) is 47.2 Å². The average molecular weight is 731 g/mol. The number of ether oxygens (including phenoxy) is 2. The van der Waals surface area contributed by atoms with E-state index < -0.39 is 11.4 Å². The van der Waals surface area contributed by atoms with Gasteiger partial charge in [0.1, 0.15) is 23.6 Å². The number of nitrogens with one attached hydrogen (secondary N) is 4. The first-order valence-corrected chi connectivity index (χ1v) is 17.4. The van der Waals surface area contributed by atoms with Gasteiger partial charge in [-0.25, -0.2) is 29.8 Å². The Kier molecular flexibility index (Phi) is 9.89. The van der Waals surface area contributed by atoms with Crippen molar-refractivity contribution in [2.24, 2.45) is 11.8 Å². The summed E-state index contributed by atoms with van der Waals surface area (Å²) in [7, 11) is 0. The van der Waals surface area contributed by atoms with Crippen molar-refractivity contribution in [3.63, 3.8) is 0 Å². The summed E-state index contributed by atoms with van der Waals surface area (Å²) >= 11 is 0. The van der Waals surface area contributed by atoms with Gasteiger partial charge in [0.25, 0.3) is 0 Å². The first kappa shape index (κ1) is 35.6. The summed E-state index contributed by atoms with van der Waals surface area (Å²) in [5.41, 5.74) is 0.217. The Balaban J connectivity index is 0.000000167. The first-order valence-electron chi connectivity index (χ1n) is 17.4. The van der Waals surface area contributed by atoms with Gasteiger partial charge in [0.15, 0.2) is 11.6 Å². The Bertz CT molecular complexity index is 2310. The molecule has 4 atom stereocenters. The molecule has 8 rings (SSSR count). The summed E-state index contributed by atoms with van der Waals surface area (Å²) in [6.07, 6.45) is 2.27. The lowest BCUT2D eigenvalue weighted by molar-refractivity contribution is -0.126. The monoisotopic (exact) mass is 730 g/mol. The van der Waals surface area contributed by atoms with Crippen molar-refractivity contribution in [3.05, 3.63) is 107 Å². The predicted molar refractivity (Wildman–Crippen MR) is 201 cm³/mol. The van der Waals surface area contributed by atoms with Crippen molar-refractivity contribution in [2.75, 3.05) is 26.2 Å². The number of fused-ring (bicyclic) bond motifs is 2. The molecular weight excluding hydrogens is 692 g/mol. The van der Waals surface area contributed by atoms with Crippen LogP contribution in [0.15, 0.2) is 95.6 Å². The lowest BCUT2D eigenvalue weighted by Crippen LogP contribution is -2.29. The van der Waals surface area contributed by atoms with Crippen LogP contribution in [0.5, 0.6) is 11.8 Å². The Hall–Kier alpha value is -6.84. The minimum atomic E-state index is -0.398. The number of rotatable bonds is 8. The molecule has 2 aliphatic heterocycles. The Labute approximate surface area is 307 Å². The third-order valence-electron chi connectivity index (χ3n) is 9.48. The molecule has 2 saturated heterocycles. The van der Waals surface area contributed by atoms with E-state index in [1.807, 2.05) is 74.5 Å². The summed E-state index contributed by atoms with van der Waals surface area (Å²) < 4.78 is 12.5. The van der Waals surface area contributed by atoms with Crippen LogP contribution in [-0.2, 0) is 9.59 Å². The highest BCUT2D eigenvalue weighted by atomic mass is 16.5. The van der Waals surface area contributed by atoms with Crippen molar-refractivity contribution in [2.45, 2.75) is 26.1 Å². The SMILES string of the molecule is C=CC(=O)N1C[C@@H](C)[C@H](Oc2nc(-c3n[nH]c(=O)[nH]3)cc3ccccc23)C1.C=CC(=O)N1C[C@H](Oc2nc(-c3n[nH]c(=O)[nH]3)cc3ccccc23)[C@@H](C)C1. The smallest absolute Gasteiger partial charge is 0.340 e. The number of likely N-dealkylation sites (tertiary alicyclic amines) is 2. The molecule has 4 aromatic heterocycles. The summed E-state index contributed by atoms with van der Waals surface area (Å²) in [6, 6.07) is 19.1. The largest absolute Gasteiger partial charge is 0.472 e. The summed E-state index contributed by atoms with van der Waals surface area (Å²) in [5.74, 6) is 1.71. The van der Waals surface area contributed by atoms with Crippen LogP contribution >= 0.6 is 0 Å². The number of benzene rings is 2. The maximum absolute atomic E-state index is 11.9. The zero-order valence-corrected chi connectivity index (χ0v) is 29.6. The van der Waals surface area contributed by atoms with Crippen molar-refractivity contribution in [1.82, 2.24) is 50.1 Å². The van der Waals surface area contributed by atoms with Gasteiger partial charge >= 0.3 is 11.4 Å². The Morgan fingerprint density at radius 2 is 1.09 bits per heavy atom. The second kappa shape index (κ2) is 15.0. The highest BCUT2D eigenvalue weighted by molar-refractivity contribution is 5.91. The van der Waals surface area contributed by atoms with Gasteiger partial charge in [-0.15, -0.1) is 0 Å². The Morgan fingerprint density at radius 3 is 1.46 bits per heavy atom. The Morgan fingerprint density at radius 1 is 0.685 bits per heavy atom. The summed E-state index contributed by atoms with van der Waals surface area (Å²) in [5, 5.41) is 16.2. The van der Waals surface area contributed by atoms with Gasteiger partial charge < -0.3 is 19.3 Å². The molecule has 0 radical (unpaired) electrons. The molecule has 0 spiro atoms. The minimum Gasteiger partial charge on any atom is -0.472 e. The molecule has 54 heavy (non-hydrogen) atoms. The maximum Gasteiger partial charge on any atom is 0.340 e. The lowest BCUT2D eigenvalue weighted by atomic mass is 10.1. The van der Waals surface area contributed by atoms with Crippen LogP contribution in [0.1, 0.15) is 13.8 Å². The molecule has 16 heteroatoms. The third-order valence-corrected chi connectivity index (χ3v) is 9.48. The number of aromatic nitrogens is 8. The van der Waals surface area contributed by atoms with E-state index in [0.717, 1.165) is 21.5 Å². The van der Waals surface area contributed by atoms with E-state index in [2.05, 4.69) is 53.5 Å². The number of carbonyl (C=O) groups is 2. The van der Waals surface area contributed by atoms with Crippen molar-refractivity contribution < 1.29 is 19.1 Å². The van der Waals surface area contributed by atoms with Crippen LogP contribution in [0, 0.1) is 11.8 Å². The van der Waals surface area contributed by atoms with Gasteiger partial charge in [-0.3, -0.25) is 19.6 Å². The van der Waals surface area contributed by atoms with Crippen LogP contribution in [0.25, 0.3) is 44.6 Å². The molecule has 0 saturated carbocycles. The van der Waals surface area contributed by atoms with E-state index in [9.17, 15) is 19.2 Å². The van der Waals surface area contributed by atoms with Crippen LogP contribution in [0.2, 0.25) is 0 Å². The van der Waals surface area contributed by atoms with E-state index in [4.69, 9.17) is 9.47 Å². The fourth-order valence-electron chi connectivity index (χ4n) is 6.62. The molecule has 0 aliphatic carbocycles. The molecule has 0 unspecified atom stereocenters. The number of amides is 2. The third kappa shape index (κ3) is 7.39. The molecule has 2 aliphatic rings. The molecule has 0 bridgehead atoms. The molecule has 16 nitrogen and oxygen atoms in total. The highest BCUT2D eigenvalue weighted by Crippen LogP contribution is 2.32. The maximum atomic E-state index is 11.9. The van der Waals surface area contributed by atoms with E-state index in [-0.39, 0.29) is 35.9 Å². The molecule has 4 N–H and O–H groups in total. The number of H-pyrrole nitrogens is 4. The standard InChI is InChI=1S/2C19H19N5O3/c2*1-3-16(25)24-9-11(2)15(10-24)27-18-13-7-5-4-6-12(13)8-14(20-18)17-21-19(26)23-22-17/h2*3-8,11,15H,1,9-10H2,2H3,(H2,21,22,23,26)/t2*11-,15-/m10/s1. The van der Waals surface area contributed by atoms with Crippen LogP contribution in [0.3, 0.4) is 0 Å². The van der Waals surface area contributed by atoms with Gasteiger partial charge in [-0.2, -0.15) is 10.2 Å². The van der Waals surface area contributed by atoms with Gasteiger partial charge in [0, 0.05) is 35.7 Å². The van der Waals surface area contributed by atoms with Crippen LogP contribution < -0.4 is 20.9 Å². The fourth-order valence-corrected chi connectivity index (χ4v) is 6.62. The fraction of sp³-hybridized carbons (Fsp3) is 0.263. The molecule has 6 aromatic rings. The number of pyridine rings is 2. The van der Waals surface area contributed by atoms with E-state index in [0.29, 0.717) is 61.0 Å². The quantitative estimate of drug-likeness (QED) is 0.168. The molecule has 6 heterocycles. The van der Waals surface area contributed by atoms with Gasteiger partial charge in [0.05, 0.1) is 13.1 Å². The van der Waals surface area contributed by atoms with Crippen LogP contribution in [-0.4, -0.2) is 100 Å². The lowest BCUT2D eigenvalue weighted by Gasteiger charge is -2.18. The van der Waals surface area contributed by atoms with Gasteiger partial charge in [-0.1, -0.05) is 63.4 Å². The topological polar surface area (TPSA) is 208 Å². The average Bonchev–Trinajstić information content (AvgIpc) is 3.99. The second-order valence-electron chi connectivity index (χ2n) is 13.3. The molecule has 2 amide bonds. The zero-order valence-electron chi connectivity index (χ0n) is 29.6. The molecule has 276 valence electrons. The second-order valence-corrected chi connectivity index (χ2v) is 13.3. The van der Waals surface area contributed by atoms with E-state index in [1.165, 1.54) is 12.2 Å². The zero-order chi connectivity index (χ0) is 37.9. The minimum absolute atomic E-state index is 0.103. The summed E-state index contributed by atoms with van der Waals surface area (Å²) in [4.78, 5) is 64.4. The summed E-state index contributed by atoms with van der Waals surface area (Å²) in [6.45, 7) is 13.3. The highest BCUT2D eigenvalue weighted by Gasteiger charge is 2.35. The first-order chi connectivity index (χ1) is 26.1. The van der Waals surface area contributed by atoms with Crippen molar-refractivity contribution in [3.8, 4) is 34.8 Å².